The molecule has 1 fully saturated rings. The van der Waals surface area contributed by atoms with Crippen molar-refractivity contribution in [3.05, 3.63) is 65.2 Å². The van der Waals surface area contributed by atoms with Crippen molar-refractivity contribution < 1.29 is 9.59 Å². The number of hydrogen-bond donors (Lipinski definition) is 3. The van der Waals surface area contributed by atoms with Crippen LogP contribution in [0.2, 0.25) is 0 Å². The highest BCUT2D eigenvalue weighted by Gasteiger charge is 2.24. The summed E-state index contributed by atoms with van der Waals surface area (Å²) in [6, 6.07) is 15.7. The number of amides is 2. The lowest BCUT2D eigenvalue weighted by Crippen LogP contribution is -2.40. The number of aliphatic imine (C=N–C) groups is 1. The van der Waals surface area contributed by atoms with E-state index in [0.717, 1.165) is 48.3 Å². The van der Waals surface area contributed by atoms with Gasteiger partial charge in [0.25, 0.3) is 5.91 Å². The van der Waals surface area contributed by atoms with Gasteiger partial charge in [-0.05, 0) is 48.6 Å². The highest BCUT2D eigenvalue weighted by atomic mass is 127. The van der Waals surface area contributed by atoms with Gasteiger partial charge in [-0.1, -0.05) is 30.3 Å². The van der Waals surface area contributed by atoms with Gasteiger partial charge >= 0.3 is 0 Å². The Morgan fingerprint density at radius 1 is 1.06 bits per heavy atom. The Balaban J connectivity index is 0.00000306. The van der Waals surface area contributed by atoms with E-state index in [1.54, 1.807) is 7.05 Å². The van der Waals surface area contributed by atoms with Crippen molar-refractivity contribution in [2.24, 2.45) is 4.99 Å². The fraction of sp³-hybridized carbons (Fsp3) is 0.400. The molecule has 0 aliphatic carbocycles. The number of rotatable bonds is 5. The molecule has 2 aromatic rings. The van der Waals surface area contributed by atoms with Gasteiger partial charge in [-0.25, -0.2) is 0 Å². The van der Waals surface area contributed by atoms with E-state index in [1.807, 2.05) is 47.4 Å². The first-order valence-corrected chi connectivity index (χ1v) is 11.4. The number of anilines is 1. The monoisotopic (exact) mass is 561 g/mol. The zero-order valence-electron chi connectivity index (χ0n) is 19.0. The standard InChI is InChI=1S/C25H31N5O2.HI/c1-26-25(28-17-20-15-23(31)29-22-8-4-3-7-21(20)22)27-16-18-9-11-19(12-10-18)24(32)30-13-5-2-6-14-30;/h3-4,7-12,20H,2,5-6,13-17H2,1H3,(H,29,31)(H2,26,27,28);1H. The number of halogens is 1. The van der Waals surface area contributed by atoms with Crippen LogP contribution in [0.25, 0.3) is 0 Å². The number of guanidine groups is 1. The Morgan fingerprint density at radius 2 is 1.79 bits per heavy atom. The third-order valence-electron chi connectivity index (χ3n) is 6.15. The number of carbonyl (C=O) groups excluding carboxylic acids is 2. The van der Waals surface area contributed by atoms with Crippen molar-refractivity contribution in [2.45, 2.75) is 38.1 Å². The molecular weight excluding hydrogens is 529 g/mol. The second-order valence-electron chi connectivity index (χ2n) is 8.39. The van der Waals surface area contributed by atoms with Crippen LogP contribution in [0.3, 0.4) is 0 Å². The van der Waals surface area contributed by atoms with E-state index in [4.69, 9.17) is 0 Å². The van der Waals surface area contributed by atoms with E-state index >= 15 is 0 Å². The number of carbonyl (C=O) groups is 2. The van der Waals surface area contributed by atoms with Crippen LogP contribution in [0, 0.1) is 0 Å². The summed E-state index contributed by atoms with van der Waals surface area (Å²) in [5.41, 5.74) is 3.85. The lowest BCUT2D eigenvalue weighted by molar-refractivity contribution is -0.116. The van der Waals surface area contributed by atoms with Gasteiger partial charge in [0.1, 0.15) is 0 Å². The lowest BCUT2D eigenvalue weighted by Gasteiger charge is -2.27. The van der Waals surface area contributed by atoms with Gasteiger partial charge in [0.15, 0.2) is 5.96 Å². The summed E-state index contributed by atoms with van der Waals surface area (Å²) in [6.07, 6.45) is 3.85. The fourth-order valence-corrected chi connectivity index (χ4v) is 4.35. The summed E-state index contributed by atoms with van der Waals surface area (Å²) in [4.78, 5) is 30.9. The molecule has 2 amide bonds. The summed E-state index contributed by atoms with van der Waals surface area (Å²) >= 11 is 0. The molecule has 33 heavy (non-hydrogen) atoms. The number of nitrogens with one attached hydrogen (secondary N) is 3. The summed E-state index contributed by atoms with van der Waals surface area (Å²) in [6.45, 7) is 2.93. The SMILES string of the molecule is CN=C(NCc1ccc(C(=O)N2CCCCC2)cc1)NCC1CC(=O)Nc2ccccc21.I. The third-order valence-corrected chi connectivity index (χ3v) is 6.15. The number of fused-ring (bicyclic) bond motifs is 1. The van der Waals surface area contributed by atoms with E-state index in [2.05, 4.69) is 27.0 Å². The van der Waals surface area contributed by atoms with Crippen LogP contribution in [0.1, 0.15) is 53.1 Å². The quantitative estimate of drug-likeness (QED) is 0.295. The lowest BCUT2D eigenvalue weighted by atomic mass is 9.90. The van der Waals surface area contributed by atoms with Crippen LogP contribution in [0.15, 0.2) is 53.5 Å². The van der Waals surface area contributed by atoms with Crippen LogP contribution in [-0.4, -0.2) is 49.4 Å². The highest BCUT2D eigenvalue weighted by molar-refractivity contribution is 14.0. The fourth-order valence-electron chi connectivity index (χ4n) is 4.35. The smallest absolute Gasteiger partial charge is 0.253 e. The predicted molar refractivity (Wildman–Crippen MR) is 142 cm³/mol. The molecule has 1 saturated heterocycles. The molecule has 0 bridgehead atoms. The first kappa shape index (κ1) is 25.0. The maximum absolute atomic E-state index is 12.6. The molecule has 0 aromatic heterocycles. The van der Waals surface area contributed by atoms with Crippen LogP contribution < -0.4 is 16.0 Å². The summed E-state index contributed by atoms with van der Waals surface area (Å²) in [5.74, 6) is 0.941. The van der Waals surface area contributed by atoms with Crippen LogP contribution >= 0.6 is 24.0 Å². The van der Waals surface area contributed by atoms with Crippen molar-refractivity contribution in [1.29, 1.82) is 0 Å². The highest BCUT2D eigenvalue weighted by Crippen LogP contribution is 2.31. The first-order chi connectivity index (χ1) is 15.6. The molecule has 3 N–H and O–H groups in total. The summed E-state index contributed by atoms with van der Waals surface area (Å²) < 4.78 is 0. The average molecular weight is 561 g/mol. The molecule has 0 saturated carbocycles. The first-order valence-electron chi connectivity index (χ1n) is 11.4. The Labute approximate surface area is 212 Å². The summed E-state index contributed by atoms with van der Waals surface area (Å²) in [7, 11) is 1.73. The molecule has 7 nitrogen and oxygen atoms in total. The minimum Gasteiger partial charge on any atom is -0.356 e. The average Bonchev–Trinajstić information content (AvgIpc) is 2.84. The minimum atomic E-state index is 0. The van der Waals surface area contributed by atoms with Gasteiger partial charge in [-0.15, -0.1) is 24.0 Å². The normalized spacial score (nSPS) is 18.0. The molecule has 0 radical (unpaired) electrons. The van der Waals surface area contributed by atoms with E-state index in [9.17, 15) is 9.59 Å². The maximum Gasteiger partial charge on any atom is 0.253 e. The molecule has 1 atom stereocenters. The largest absolute Gasteiger partial charge is 0.356 e. The Hall–Kier alpha value is -2.62. The number of hydrogen-bond acceptors (Lipinski definition) is 3. The second kappa shape index (κ2) is 12.0. The van der Waals surface area contributed by atoms with E-state index < -0.39 is 0 Å². The molecule has 4 rings (SSSR count). The number of nitrogens with zero attached hydrogens (tertiary/aromatic N) is 2. The van der Waals surface area contributed by atoms with Crippen molar-refractivity contribution in [1.82, 2.24) is 15.5 Å². The Bertz CT molecular complexity index is 987. The van der Waals surface area contributed by atoms with Gasteiger partial charge in [-0.3, -0.25) is 14.6 Å². The van der Waals surface area contributed by atoms with Crippen LogP contribution in [0.4, 0.5) is 5.69 Å². The van der Waals surface area contributed by atoms with Gasteiger partial charge in [0.05, 0.1) is 0 Å². The van der Waals surface area contributed by atoms with Crippen molar-refractivity contribution in [3.63, 3.8) is 0 Å². The molecule has 176 valence electrons. The van der Waals surface area contributed by atoms with Crippen LogP contribution in [-0.2, 0) is 11.3 Å². The molecule has 1 unspecified atom stereocenters. The molecular formula is C25H32IN5O2. The number of para-hydroxylation sites is 1. The van der Waals surface area contributed by atoms with Gasteiger partial charge in [0, 0.05) is 56.8 Å². The molecule has 2 aliphatic heterocycles. The number of benzene rings is 2. The number of piperidine rings is 1. The molecule has 8 heteroatoms. The summed E-state index contributed by atoms with van der Waals surface area (Å²) in [5, 5.41) is 9.59. The molecule has 2 aromatic carbocycles. The van der Waals surface area contributed by atoms with E-state index in [-0.39, 0.29) is 41.7 Å². The minimum absolute atomic E-state index is 0. The van der Waals surface area contributed by atoms with Crippen molar-refractivity contribution >= 4 is 47.4 Å². The number of likely N-dealkylation sites (tertiary alicyclic amines) is 1. The molecule has 2 heterocycles. The molecule has 0 spiro atoms. The topological polar surface area (TPSA) is 85.8 Å². The predicted octanol–water partition coefficient (Wildman–Crippen LogP) is 3.72. The van der Waals surface area contributed by atoms with Gasteiger partial charge < -0.3 is 20.9 Å². The van der Waals surface area contributed by atoms with Gasteiger partial charge in [-0.2, -0.15) is 0 Å². The third kappa shape index (κ3) is 6.46. The Kier molecular flexibility index (Phi) is 9.11. The van der Waals surface area contributed by atoms with Crippen LogP contribution in [0.5, 0.6) is 0 Å². The van der Waals surface area contributed by atoms with E-state index in [1.165, 1.54) is 6.42 Å². The van der Waals surface area contributed by atoms with Gasteiger partial charge in [0.2, 0.25) is 5.91 Å². The maximum atomic E-state index is 12.6. The molecule has 2 aliphatic rings. The zero-order valence-corrected chi connectivity index (χ0v) is 21.3. The van der Waals surface area contributed by atoms with E-state index in [0.29, 0.717) is 25.5 Å². The zero-order chi connectivity index (χ0) is 22.3. The second-order valence-corrected chi connectivity index (χ2v) is 8.39. The van der Waals surface area contributed by atoms with Crippen molar-refractivity contribution in [2.75, 3.05) is 32.0 Å². The van der Waals surface area contributed by atoms with Crippen molar-refractivity contribution in [3.8, 4) is 0 Å². The Morgan fingerprint density at radius 3 is 2.52 bits per heavy atom.